The second kappa shape index (κ2) is 6.38. The van der Waals surface area contributed by atoms with Gasteiger partial charge in [-0.05, 0) is 43.9 Å². The highest BCUT2D eigenvalue weighted by atomic mass is 32.2. The van der Waals surface area contributed by atoms with Crippen LogP contribution in [0.25, 0.3) is 0 Å². The minimum Gasteiger partial charge on any atom is -0.379 e. The quantitative estimate of drug-likeness (QED) is 0.792. The third-order valence-electron chi connectivity index (χ3n) is 4.06. The van der Waals surface area contributed by atoms with Gasteiger partial charge in [-0.25, -0.2) is 8.57 Å². The van der Waals surface area contributed by atoms with Crippen molar-refractivity contribution in [1.82, 2.24) is 0 Å². The fraction of sp³-hybridized carbons (Fsp3) is 1.00. The van der Waals surface area contributed by atoms with Gasteiger partial charge < -0.3 is 4.74 Å². The van der Waals surface area contributed by atoms with Crippen molar-refractivity contribution in [2.45, 2.75) is 52.0 Å². The Morgan fingerprint density at radius 2 is 1.78 bits per heavy atom. The topological polar surface area (TPSA) is 38.7 Å². The van der Waals surface area contributed by atoms with Crippen LogP contribution < -0.4 is 0 Å². The highest BCUT2D eigenvalue weighted by molar-refractivity contribution is 7.93. The van der Waals surface area contributed by atoms with E-state index in [4.69, 9.17) is 4.74 Å². The largest absolute Gasteiger partial charge is 0.379 e. The molecule has 1 aliphatic carbocycles. The monoisotopic (exact) mass is 273 g/mol. The highest BCUT2D eigenvalue weighted by Gasteiger charge is 2.24. The zero-order valence-electron chi connectivity index (χ0n) is 11.8. The lowest BCUT2D eigenvalue weighted by Crippen LogP contribution is -2.28. The minimum absolute atomic E-state index is 0.360. The molecule has 0 aromatic heterocycles. The molecule has 2 aliphatic rings. The smallest absolute Gasteiger partial charge is 0.0594 e. The van der Waals surface area contributed by atoms with Gasteiger partial charge in [0.25, 0.3) is 0 Å². The Hall–Kier alpha value is -0.0900. The van der Waals surface area contributed by atoms with E-state index in [2.05, 4.69) is 18.2 Å². The molecule has 0 bridgehead atoms. The van der Waals surface area contributed by atoms with Gasteiger partial charge in [-0.3, -0.25) is 0 Å². The second-order valence-corrected chi connectivity index (χ2v) is 8.78. The number of hydrogen-bond donors (Lipinski definition) is 0. The van der Waals surface area contributed by atoms with Crippen molar-refractivity contribution < 1.29 is 8.95 Å². The van der Waals surface area contributed by atoms with Gasteiger partial charge in [0.05, 0.1) is 40.5 Å². The number of nitrogens with zero attached hydrogens (tertiary/aromatic N) is 1. The van der Waals surface area contributed by atoms with Gasteiger partial charge in [-0.1, -0.05) is 13.8 Å². The van der Waals surface area contributed by atoms with Crippen LogP contribution in [0.2, 0.25) is 0 Å². The molecule has 0 radical (unpaired) electrons. The first-order chi connectivity index (χ1) is 8.57. The SMILES string of the molecule is CC(C)CC1CCC(N=S2(=O)CCOCC2)CC1. The van der Waals surface area contributed by atoms with Crippen molar-refractivity contribution in [3.05, 3.63) is 0 Å². The molecule has 0 N–H and O–H groups in total. The molecule has 1 aliphatic heterocycles. The van der Waals surface area contributed by atoms with Crippen LogP contribution in [-0.4, -0.2) is 35.0 Å². The molecule has 0 amide bonds. The zero-order chi connectivity index (χ0) is 13.0. The maximum atomic E-state index is 12.5. The van der Waals surface area contributed by atoms with Crippen molar-refractivity contribution in [3.63, 3.8) is 0 Å². The summed E-state index contributed by atoms with van der Waals surface area (Å²) < 4.78 is 22.5. The molecular weight excluding hydrogens is 246 g/mol. The molecule has 18 heavy (non-hydrogen) atoms. The Morgan fingerprint density at radius 1 is 1.17 bits per heavy atom. The van der Waals surface area contributed by atoms with Crippen LogP contribution in [0.4, 0.5) is 0 Å². The predicted molar refractivity (Wildman–Crippen MR) is 76.3 cm³/mol. The van der Waals surface area contributed by atoms with Crippen LogP contribution in [0.5, 0.6) is 0 Å². The molecular formula is C14H27NO2S. The zero-order valence-corrected chi connectivity index (χ0v) is 12.6. The fourth-order valence-corrected chi connectivity index (χ4v) is 5.04. The van der Waals surface area contributed by atoms with Crippen LogP contribution >= 0.6 is 0 Å². The number of ether oxygens (including phenoxy) is 1. The molecule has 0 aromatic carbocycles. The second-order valence-electron chi connectivity index (χ2n) is 6.20. The van der Waals surface area contributed by atoms with Crippen LogP contribution in [0.3, 0.4) is 0 Å². The van der Waals surface area contributed by atoms with Crippen LogP contribution in [0.1, 0.15) is 46.0 Å². The summed E-state index contributed by atoms with van der Waals surface area (Å²) in [6, 6.07) is 0.360. The highest BCUT2D eigenvalue weighted by Crippen LogP contribution is 2.31. The van der Waals surface area contributed by atoms with E-state index < -0.39 is 9.73 Å². The van der Waals surface area contributed by atoms with Crippen molar-refractivity contribution in [2.75, 3.05) is 24.7 Å². The summed E-state index contributed by atoms with van der Waals surface area (Å²) in [4.78, 5) is 0. The normalized spacial score (nSPS) is 32.4. The van der Waals surface area contributed by atoms with Gasteiger partial charge in [0.15, 0.2) is 0 Å². The van der Waals surface area contributed by atoms with E-state index in [0.29, 0.717) is 30.8 Å². The summed E-state index contributed by atoms with van der Waals surface area (Å²) in [6.07, 6.45) is 6.19. The van der Waals surface area contributed by atoms with Crippen LogP contribution in [0, 0.1) is 11.8 Å². The van der Waals surface area contributed by atoms with E-state index in [9.17, 15) is 4.21 Å². The molecule has 0 atom stereocenters. The van der Waals surface area contributed by atoms with E-state index in [0.717, 1.165) is 24.7 Å². The average Bonchev–Trinajstić information content (AvgIpc) is 2.31. The molecule has 1 saturated heterocycles. The Bertz CT molecular complexity index is 352. The third kappa shape index (κ3) is 4.23. The first kappa shape index (κ1) is 14.3. The van der Waals surface area contributed by atoms with Crippen LogP contribution in [0.15, 0.2) is 4.36 Å². The molecule has 2 rings (SSSR count). The molecule has 0 unspecified atom stereocenters. The van der Waals surface area contributed by atoms with Crippen molar-refractivity contribution >= 4 is 9.73 Å². The Kier molecular flexibility index (Phi) is 5.07. The van der Waals surface area contributed by atoms with Gasteiger partial charge in [-0.2, -0.15) is 0 Å². The lowest BCUT2D eigenvalue weighted by atomic mass is 9.82. The Balaban J connectivity index is 1.86. The summed E-state index contributed by atoms with van der Waals surface area (Å²) in [5.41, 5.74) is 0. The van der Waals surface area contributed by atoms with Gasteiger partial charge in [-0.15, -0.1) is 0 Å². The predicted octanol–water partition coefficient (Wildman–Crippen LogP) is 3.09. The number of hydrogen-bond acceptors (Lipinski definition) is 3. The first-order valence-electron chi connectivity index (χ1n) is 7.37. The maximum absolute atomic E-state index is 12.5. The molecule has 0 spiro atoms. The van der Waals surface area contributed by atoms with Crippen LogP contribution in [-0.2, 0) is 14.5 Å². The fourth-order valence-electron chi connectivity index (χ4n) is 3.11. The summed E-state index contributed by atoms with van der Waals surface area (Å²) in [7, 11) is -1.93. The Labute approximate surface area is 112 Å². The summed E-state index contributed by atoms with van der Waals surface area (Å²) in [5.74, 6) is 2.98. The van der Waals surface area contributed by atoms with Crippen molar-refractivity contribution in [2.24, 2.45) is 16.2 Å². The molecule has 4 heteroatoms. The van der Waals surface area contributed by atoms with E-state index >= 15 is 0 Å². The number of rotatable bonds is 3. The van der Waals surface area contributed by atoms with Gasteiger partial charge >= 0.3 is 0 Å². The maximum Gasteiger partial charge on any atom is 0.0594 e. The molecule has 3 nitrogen and oxygen atoms in total. The first-order valence-corrected chi connectivity index (χ1v) is 9.22. The average molecular weight is 273 g/mol. The lowest BCUT2D eigenvalue weighted by Gasteiger charge is -2.28. The Morgan fingerprint density at radius 3 is 2.33 bits per heavy atom. The van der Waals surface area contributed by atoms with Crippen molar-refractivity contribution in [1.29, 1.82) is 0 Å². The standard InChI is InChI=1S/C14H27NO2S/c1-12(2)11-13-3-5-14(6-4-13)15-18(16)9-7-17-8-10-18/h12-14H,3-11H2,1-2H3. The van der Waals surface area contributed by atoms with E-state index in [1.54, 1.807) is 0 Å². The van der Waals surface area contributed by atoms with E-state index in [1.165, 1.54) is 19.3 Å². The summed E-state index contributed by atoms with van der Waals surface area (Å²) in [6.45, 7) is 5.86. The molecule has 106 valence electrons. The molecule has 1 heterocycles. The van der Waals surface area contributed by atoms with E-state index in [-0.39, 0.29) is 0 Å². The van der Waals surface area contributed by atoms with Gasteiger partial charge in [0, 0.05) is 0 Å². The third-order valence-corrected chi connectivity index (χ3v) is 6.35. The molecule has 1 saturated carbocycles. The van der Waals surface area contributed by atoms with Crippen molar-refractivity contribution in [3.8, 4) is 0 Å². The summed E-state index contributed by atoms with van der Waals surface area (Å²) >= 11 is 0. The molecule has 2 fully saturated rings. The molecule has 0 aromatic rings. The van der Waals surface area contributed by atoms with E-state index in [1.807, 2.05) is 0 Å². The van der Waals surface area contributed by atoms with Gasteiger partial charge in [0.2, 0.25) is 0 Å². The minimum atomic E-state index is -1.93. The van der Waals surface area contributed by atoms with Gasteiger partial charge in [0.1, 0.15) is 0 Å². The lowest BCUT2D eigenvalue weighted by molar-refractivity contribution is 0.158. The summed E-state index contributed by atoms with van der Waals surface area (Å²) in [5, 5.41) is 0.